The van der Waals surface area contributed by atoms with Gasteiger partial charge in [0.15, 0.2) is 5.78 Å². The highest BCUT2D eigenvalue weighted by atomic mass is 16.5. The van der Waals surface area contributed by atoms with Crippen molar-refractivity contribution >= 4 is 5.78 Å². The molecule has 0 aliphatic heterocycles. The van der Waals surface area contributed by atoms with Crippen molar-refractivity contribution in [1.82, 2.24) is 0 Å². The van der Waals surface area contributed by atoms with E-state index in [1.807, 2.05) is 20.8 Å². The summed E-state index contributed by atoms with van der Waals surface area (Å²) in [6.45, 7) is 6.34. The van der Waals surface area contributed by atoms with Crippen molar-refractivity contribution in [3.8, 4) is 11.5 Å². The van der Waals surface area contributed by atoms with E-state index >= 15 is 0 Å². The zero-order valence-corrected chi connectivity index (χ0v) is 13.0. The molecule has 0 heterocycles. The summed E-state index contributed by atoms with van der Waals surface area (Å²) < 4.78 is 16.2. The molecule has 0 atom stereocenters. The SMILES string of the molecule is CCOC(CC)(CC)C(=O)c1cc(OC)cc(OC)c1. The van der Waals surface area contributed by atoms with E-state index in [2.05, 4.69) is 0 Å². The highest BCUT2D eigenvalue weighted by Gasteiger charge is 2.36. The molecule has 0 unspecified atom stereocenters. The fourth-order valence-electron chi connectivity index (χ4n) is 2.32. The van der Waals surface area contributed by atoms with Crippen LogP contribution in [0.25, 0.3) is 0 Å². The molecule has 0 bridgehead atoms. The van der Waals surface area contributed by atoms with Crippen molar-refractivity contribution in [1.29, 1.82) is 0 Å². The molecule has 0 spiro atoms. The van der Waals surface area contributed by atoms with Crippen LogP contribution in [0.4, 0.5) is 0 Å². The molecule has 0 amide bonds. The normalized spacial score (nSPS) is 11.2. The van der Waals surface area contributed by atoms with Gasteiger partial charge in [-0.05, 0) is 31.9 Å². The molecule has 1 aromatic rings. The molecule has 4 heteroatoms. The van der Waals surface area contributed by atoms with E-state index in [0.29, 0.717) is 36.5 Å². The van der Waals surface area contributed by atoms with Crippen LogP contribution in [0.15, 0.2) is 18.2 Å². The van der Waals surface area contributed by atoms with Gasteiger partial charge in [0.05, 0.1) is 14.2 Å². The molecular weight excluding hydrogens is 256 g/mol. The first kappa shape index (κ1) is 16.5. The summed E-state index contributed by atoms with van der Waals surface area (Å²) in [6, 6.07) is 5.20. The molecule has 0 aliphatic rings. The van der Waals surface area contributed by atoms with Crippen LogP contribution in [0.2, 0.25) is 0 Å². The van der Waals surface area contributed by atoms with E-state index in [-0.39, 0.29) is 5.78 Å². The Bertz CT molecular complexity index is 428. The van der Waals surface area contributed by atoms with Crippen LogP contribution in [0.3, 0.4) is 0 Å². The highest BCUT2D eigenvalue weighted by Crippen LogP contribution is 2.30. The smallest absolute Gasteiger partial charge is 0.194 e. The van der Waals surface area contributed by atoms with Crippen LogP contribution in [-0.2, 0) is 4.74 Å². The van der Waals surface area contributed by atoms with Crippen molar-refractivity contribution in [2.24, 2.45) is 0 Å². The fraction of sp³-hybridized carbons (Fsp3) is 0.562. The number of benzene rings is 1. The lowest BCUT2D eigenvalue weighted by Crippen LogP contribution is -2.40. The third-order valence-electron chi connectivity index (χ3n) is 3.59. The Morgan fingerprint density at radius 2 is 1.50 bits per heavy atom. The Kier molecular flexibility index (Phi) is 6.02. The Hall–Kier alpha value is -1.55. The fourth-order valence-corrected chi connectivity index (χ4v) is 2.32. The van der Waals surface area contributed by atoms with Gasteiger partial charge in [0, 0.05) is 18.2 Å². The standard InChI is InChI=1S/C16H24O4/c1-6-16(7-2,20-8-3)15(17)12-9-13(18-4)11-14(10-12)19-5/h9-11H,6-8H2,1-5H3. The number of hydrogen-bond donors (Lipinski definition) is 0. The van der Waals surface area contributed by atoms with Gasteiger partial charge in [-0.25, -0.2) is 0 Å². The lowest BCUT2D eigenvalue weighted by molar-refractivity contribution is -0.0250. The Morgan fingerprint density at radius 3 is 1.85 bits per heavy atom. The van der Waals surface area contributed by atoms with Crippen LogP contribution in [-0.4, -0.2) is 32.2 Å². The van der Waals surface area contributed by atoms with Gasteiger partial charge in [-0.2, -0.15) is 0 Å². The average molecular weight is 280 g/mol. The zero-order valence-electron chi connectivity index (χ0n) is 13.0. The van der Waals surface area contributed by atoms with Crippen LogP contribution >= 0.6 is 0 Å². The van der Waals surface area contributed by atoms with Crippen LogP contribution in [0.1, 0.15) is 44.0 Å². The van der Waals surface area contributed by atoms with Crippen molar-refractivity contribution in [2.45, 2.75) is 39.2 Å². The molecule has 0 N–H and O–H groups in total. The molecule has 4 nitrogen and oxygen atoms in total. The van der Waals surface area contributed by atoms with Crippen molar-refractivity contribution in [3.05, 3.63) is 23.8 Å². The minimum absolute atomic E-state index is 0.0263. The molecule has 0 saturated heterocycles. The number of hydrogen-bond acceptors (Lipinski definition) is 4. The van der Waals surface area contributed by atoms with Crippen LogP contribution in [0, 0.1) is 0 Å². The van der Waals surface area contributed by atoms with Gasteiger partial charge >= 0.3 is 0 Å². The summed E-state index contributed by atoms with van der Waals surface area (Å²) in [7, 11) is 3.14. The Balaban J connectivity index is 3.23. The molecule has 20 heavy (non-hydrogen) atoms. The molecule has 1 aromatic carbocycles. The highest BCUT2D eigenvalue weighted by molar-refractivity contribution is 6.03. The second-order valence-corrected chi connectivity index (χ2v) is 4.56. The van der Waals surface area contributed by atoms with E-state index in [9.17, 15) is 4.79 Å². The molecular formula is C16H24O4. The molecule has 112 valence electrons. The number of rotatable bonds is 8. The van der Waals surface area contributed by atoms with Gasteiger partial charge in [-0.15, -0.1) is 0 Å². The van der Waals surface area contributed by atoms with E-state index in [0.717, 1.165) is 0 Å². The first-order chi connectivity index (χ1) is 9.56. The van der Waals surface area contributed by atoms with Crippen molar-refractivity contribution < 1.29 is 19.0 Å². The summed E-state index contributed by atoms with van der Waals surface area (Å²) >= 11 is 0. The van der Waals surface area contributed by atoms with Crippen LogP contribution in [0.5, 0.6) is 11.5 Å². The molecule has 0 aliphatic carbocycles. The summed E-state index contributed by atoms with van der Waals surface area (Å²) in [5.41, 5.74) is -0.218. The topological polar surface area (TPSA) is 44.8 Å². The molecule has 0 radical (unpaired) electrons. The lowest BCUT2D eigenvalue weighted by atomic mass is 9.87. The zero-order chi connectivity index (χ0) is 15.2. The van der Waals surface area contributed by atoms with E-state index in [1.54, 1.807) is 32.4 Å². The number of carbonyl (C=O) groups excluding carboxylic acids is 1. The number of methoxy groups -OCH3 is 2. The van der Waals surface area contributed by atoms with E-state index < -0.39 is 5.60 Å². The summed E-state index contributed by atoms with van der Waals surface area (Å²) in [5.74, 6) is 1.18. The Labute approximate surface area is 121 Å². The summed E-state index contributed by atoms with van der Waals surface area (Å²) in [4.78, 5) is 12.8. The summed E-state index contributed by atoms with van der Waals surface area (Å²) in [5, 5.41) is 0. The van der Waals surface area contributed by atoms with Gasteiger partial charge in [0.1, 0.15) is 17.1 Å². The van der Waals surface area contributed by atoms with Crippen molar-refractivity contribution in [2.75, 3.05) is 20.8 Å². The number of ether oxygens (including phenoxy) is 3. The Morgan fingerprint density at radius 1 is 1.00 bits per heavy atom. The molecule has 0 fully saturated rings. The largest absolute Gasteiger partial charge is 0.497 e. The first-order valence-electron chi connectivity index (χ1n) is 6.98. The number of ketones is 1. The number of carbonyl (C=O) groups is 1. The quantitative estimate of drug-likeness (QED) is 0.684. The average Bonchev–Trinajstić information content (AvgIpc) is 2.51. The minimum Gasteiger partial charge on any atom is -0.497 e. The second kappa shape index (κ2) is 7.29. The maximum Gasteiger partial charge on any atom is 0.194 e. The van der Waals surface area contributed by atoms with Gasteiger partial charge in [-0.1, -0.05) is 13.8 Å². The number of Topliss-reactive ketones (excluding diaryl/α,β-unsaturated/α-hetero) is 1. The van der Waals surface area contributed by atoms with E-state index in [4.69, 9.17) is 14.2 Å². The van der Waals surface area contributed by atoms with E-state index in [1.165, 1.54) is 0 Å². The lowest BCUT2D eigenvalue weighted by Gasteiger charge is -2.30. The maximum absolute atomic E-state index is 12.8. The van der Waals surface area contributed by atoms with Crippen LogP contribution < -0.4 is 9.47 Å². The molecule has 1 rings (SSSR count). The predicted molar refractivity (Wildman–Crippen MR) is 78.8 cm³/mol. The van der Waals surface area contributed by atoms with Gasteiger partial charge in [0.25, 0.3) is 0 Å². The van der Waals surface area contributed by atoms with Crippen molar-refractivity contribution in [3.63, 3.8) is 0 Å². The molecule has 0 saturated carbocycles. The van der Waals surface area contributed by atoms with Gasteiger partial charge in [0.2, 0.25) is 0 Å². The van der Waals surface area contributed by atoms with Gasteiger partial charge < -0.3 is 14.2 Å². The third kappa shape index (κ3) is 3.31. The minimum atomic E-state index is -0.772. The summed E-state index contributed by atoms with van der Waals surface area (Å²) in [6.07, 6.45) is 1.27. The first-order valence-corrected chi connectivity index (χ1v) is 6.98. The molecule has 0 aromatic heterocycles. The van der Waals surface area contributed by atoms with Gasteiger partial charge in [-0.3, -0.25) is 4.79 Å². The third-order valence-corrected chi connectivity index (χ3v) is 3.59. The maximum atomic E-state index is 12.8. The second-order valence-electron chi connectivity index (χ2n) is 4.56. The monoisotopic (exact) mass is 280 g/mol. The predicted octanol–water partition coefficient (Wildman–Crippen LogP) is 3.48.